The van der Waals surface area contributed by atoms with Gasteiger partial charge in [0.2, 0.25) is 0 Å². The molecule has 0 aromatic carbocycles. The Labute approximate surface area is 147 Å². The zero-order valence-corrected chi connectivity index (χ0v) is 15.2. The lowest BCUT2D eigenvalue weighted by Gasteiger charge is -2.22. The van der Waals surface area contributed by atoms with Gasteiger partial charge in [0.1, 0.15) is 11.8 Å². The summed E-state index contributed by atoms with van der Waals surface area (Å²) in [6, 6.07) is -0.357. The molecule has 0 bridgehead atoms. The van der Waals surface area contributed by atoms with Crippen LogP contribution in [0.5, 0.6) is 0 Å². The molecule has 25 heavy (non-hydrogen) atoms. The molecule has 2 rings (SSSR count). The van der Waals surface area contributed by atoms with E-state index in [4.69, 9.17) is 14.2 Å². The summed E-state index contributed by atoms with van der Waals surface area (Å²) in [6.45, 7) is 3.15. The topological polar surface area (TPSA) is 94.6 Å². The maximum Gasteiger partial charge on any atom is 0.328 e. The second-order valence-electron chi connectivity index (χ2n) is 6.26. The van der Waals surface area contributed by atoms with Gasteiger partial charge in [0.15, 0.2) is 6.29 Å². The monoisotopic (exact) mass is 355 g/mol. The van der Waals surface area contributed by atoms with E-state index in [1.54, 1.807) is 13.3 Å². The molecular weight excluding hydrogens is 326 g/mol. The Hall–Kier alpha value is -1.64. The van der Waals surface area contributed by atoms with Gasteiger partial charge in [-0.1, -0.05) is 32.6 Å². The van der Waals surface area contributed by atoms with Gasteiger partial charge in [-0.3, -0.25) is 14.3 Å². The number of ether oxygens (including phenoxy) is 3. The molecule has 1 aliphatic rings. The molecule has 2 heterocycles. The predicted octanol–water partition coefficient (Wildman–Crippen LogP) is 1.48. The minimum absolute atomic E-state index is 0.277. The van der Waals surface area contributed by atoms with Crippen molar-refractivity contribution in [2.24, 2.45) is 0 Å². The number of hydrogen-bond donors (Lipinski definition) is 2. The maximum atomic E-state index is 12.2. The zero-order chi connectivity index (χ0) is 18.2. The largest absolute Gasteiger partial charge is 0.379 e. The number of rotatable bonds is 10. The number of aromatic amines is 1. The molecule has 0 spiro atoms. The fourth-order valence-electron chi connectivity index (χ4n) is 3.08. The Morgan fingerprint density at radius 2 is 2.00 bits per heavy atom. The molecule has 1 aromatic heterocycles. The number of anilines is 1. The normalized spacial score (nSPS) is 23.1. The van der Waals surface area contributed by atoms with Gasteiger partial charge in [0.25, 0.3) is 5.56 Å². The number of aromatic nitrogens is 2. The molecule has 1 aromatic rings. The van der Waals surface area contributed by atoms with Crippen LogP contribution in [0.25, 0.3) is 0 Å². The summed E-state index contributed by atoms with van der Waals surface area (Å²) in [6.07, 6.45) is 6.32. The highest BCUT2D eigenvalue weighted by Gasteiger charge is 2.39. The Morgan fingerprint density at radius 1 is 1.24 bits per heavy atom. The summed E-state index contributed by atoms with van der Waals surface area (Å²) in [5.74, 6) is 0. The summed E-state index contributed by atoms with van der Waals surface area (Å²) >= 11 is 0. The van der Waals surface area contributed by atoms with E-state index in [-0.39, 0.29) is 12.6 Å². The van der Waals surface area contributed by atoms with Crippen molar-refractivity contribution in [1.29, 1.82) is 0 Å². The maximum absolute atomic E-state index is 12.2. The van der Waals surface area contributed by atoms with E-state index < -0.39 is 23.6 Å². The van der Waals surface area contributed by atoms with Gasteiger partial charge in [-0.15, -0.1) is 0 Å². The van der Waals surface area contributed by atoms with Crippen LogP contribution in [-0.2, 0) is 14.2 Å². The van der Waals surface area contributed by atoms with Crippen molar-refractivity contribution in [2.45, 2.75) is 57.5 Å². The summed E-state index contributed by atoms with van der Waals surface area (Å²) in [4.78, 5) is 26.6. The van der Waals surface area contributed by atoms with Crippen molar-refractivity contribution in [3.8, 4) is 0 Å². The molecule has 3 atom stereocenters. The predicted molar refractivity (Wildman–Crippen MR) is 95.2 cm³/mol. The SMILES string of the molecule is CCCCCCCNc1cn(C2COC(OC)C2OC)c(=O)[nH]c1=O. The lowest BCUT2D eigenvalue weighted by atomic mass is 10.1. The van der Waals surface area contributed by atoms with E-state index in [0.29, 0.717) is 12.2 Å². The van der Waals surface area contributed by atoms with Crippen LogP contribution in [-0.4, -0.2) is 49.3 Å². The van der Waals surface area contributed by atoms with Crippen molar-refractivity contribution in [2.75, 3.05) is 32.7 Å². The Kier molecular flexibility index (Phi) is 7.67. The molecule has 1 saturated heterocycles. The highest BCUT2D eigenvalue weighted by Crippen LogP contribution is 2.26. The van der Waals surface area contributed by atoms with Crippen molar-refractivity contribution in [1.82, 2.24) is 9.55 Å². The Bertz CT molecular complexity index is 642. The smallest absolute Gasteiger partial charge is 0.328 e. The molecule has 3 unspecified atom stereocenters. The Balaban J connectivity index is 2.07. The molecule has 0 saturated carbocycles. The van der Waals surface area contributed by atoms with E-state index in [0.717, 1.165) is 12.8 Å². The summed E-state index contributed by atoms with van der Waals surface area (Å²) in [7, 11) is 3.07. The van der Waals surface area contributed by atoms with Gasteiger partial charge in [-0.2, -0.15) is 0 Å². The van der Waals surface area contributed by atoms with Gasteiger partial charge in [-0.25, -0.2) is 4.79 Å². The first-order chi connectivity index (χ1) is 12.1. The third-order valence-electron chi connectivity index (χ3n) is 4.50. The average molecular weight is 355 g/mol. The third-order valence-corrected chi connectivity index (χ3v) is 4.50. The van der Waals surface area contributed by atoms with E-state index in [1.165, 1.54) is 30.9 Å². The van der Waals surface area contributed by atoms with Crippen LogP contribution in [0.15, 0.2) is 15.8 Å². The van der Waals surface area contributed by atoms with E-state index in [1.807, 2.05) is 0 Å². The van der Waals surface area contributed by atoms with Crippen LogP contribution in [0.4, 0.5) is 5.69 Å². The number of methoxy groups -OCH3 is 2. The number of unbranched alkanes of at least 4 members (excludes halogenated alkanes) is 4. The summed E-state index contributed by atoms with van der Waals surface area (Å²) in [5.41, 5.74) is -0.511. The van der Waals surface area contributed by atoms with Crippen molar-refractivity contribution < 1.29 is 14.2 Å². The first-order valence-electron chi connectivity index (χ1n) is 8.88. The van der Waals surface area contributed by atoms with E-state index in [9.17, 15) is 9.59 Å². The molecular formula is C17H29N3O5. The lowest BCUT2D eigenvalue weighted by Crippen LogP contribution is -2.39. The highest BCUT2D eigenvalue weighted by molar-refractivity contribution is 5.37. The first-order valence-corrected chi connectivity index (χ1v) is 8.88. The lowest BCUT2D eigenvalue weighted by molar-refractivity contribution is -0.141. The molecule has 8 heteroatoms. The van der Waals surface area contributed by atoms with E-state index >= 15 is 0 Å². The molecule has 1 fully saturated rings. The van der Waals surface area contributed by atoms with Crippen LogP contribution in [0.1, 0.15) is 45.1 Å². The molecule has 142 valence electrons. The van der Waals surface area contributed by atoms with Crippen molar-refractivity contribution in [3.63, 3.8) is 0 Å². The number of nitrogens with one attached hydrogen (secondary N) is 2. The van der Waals surface area contributed by atoms with E-state index in [2.05, 4.69) is 17.2 Å². The van der Waals surface area contributed by atoms with Crippen LogP contribution >= 0.6 is 0 Å². The fraction of sp³-hybridized carbons (Fsp3) is 0.765. The highest BCUT2D eigenvalue weighted by atomic mass is 16.7. The van der Waals surface area contributed by atoms with Gasteiger partial charge in [0.05, 0.1) is 12.6 Å². The first kappa shape index (κ1) is 19.7. The second-order valence-corrected chi connectivity index (χ2v) is 6.26. The van der Waals surface area contributed by atoms with Crippen LogP contribution in [0.3, 0.4) is 0 Å². The number of hydrogen-bond acceptors (Lipinski definition) is 6. The zero-order valence-electron chi connectivity index (χ0n) is 15.2. The van der Waals surface area contributed by atoms with Crippen LogP contribution in [0, 0.1) is 0 Å². The molecule has 8 nitrogen and oxygen atoms in total. The molecule has 1 aliphatic heterocycles. The Morgan fingerprint density at radius 3 is 2.68 bits per heavy atom. The minimum atomic E-state index is -0.538. The van der Waals surface area contributed by atoms with Crippen molar-refractivity contribution >= 4 is 5.69 Å². The van der Waals surface area contributed by atoms with Gasteiger partial charge >= 0.3 is 5.69 Å². The van der Waals surface area contributed by atoms with Gasteiger partial charge < -0.3 is 19.5 Å². The van der Waals surface area contributed by atoms with Crippen LogP contribution < -0.4 is 16.6 Å². The quantitative estimate of drug-likeness (QED) is 0.617. The average Bonchev–Trinajstić information content (AvgIpc) is 3.02. The minimum Gasteiger partial charge on any atom is -0.379 e. The van der Waals surface area contributed by atoms with Gasteiger partial charge in [-0.05, 0) is 6.42 Å². The molecule has 0 radical (unpaired) electrons. The van der Waals surface area contributed by atoms with Crippen molar-refractivity contribution in [3.05, 3.63) is 27.0 Å². The fourth-order valence-corrected chi connectivity index (χ4v) is 3.08. The summed E-state index contributed by atoms with van der Waals surface area (Å²) < 4.78 is 17.6. The molecule has 0 amide bonds. The third kappa shape index (κ3) is 4.93. The molecule has 0 aliphatic carbocycles. The molecule has 2 N–H and O–H groups in total. The van der Waals surface area contributed by atoms with Crippen LogP contribution in [0.2, 0.25) is 0 Å². The number of H-pyrrole nitrogens is 1. The van der Waals surface area contributed by atoms with Gasteiger partial charge in [0, 0.05) is 27.0 Å². The standard InChI is InChI=1S/C17H29N3O5/c1-4-5-6-7-8-9-18-12-10-20(17(22)19-15(12)21)13-11-25-16(24-3)14(13)23-2/h10,13-14,16,18H,4-9,11H2,1-3H3,(H,19,21,22). The second kappa shape index (κ2) is 9.74. The number of nitrogens with zero attached hydrogens (tertiary/aromatic N) is 1. The summed E-state index contributed by atoms with van der Waals surface area (Å²) in [5, 5.41) is 3.12.